The fourth-order valence-electron chi connectivity index (χ4n) is 2.92. The zero-order valence-corrected chi connectivity index (χ0v) is 16.9. The highest BCUT2D eigenvalue weighted by molar-refractivity contribution is 6.03. The molecule has 2 aromatic carbocycles. The molecule has 0 aliphatic carbocycles. The van der Waals surface area contributed by atoms with Crippen LogP contribution in [0.15, 0.2) is 53.3 Å². The number of amides is 1. The summed E-state index contributed by atoms with van der Waals surface area (Å²) in [7, 11) is 0. The molecule has 7 nitrogen and oxygen atoms in total. The van der Waals surface area contributed by atoms with Gasteiger partial charge in [-0.05, 0) is 31.0 Å². The molecule has 0 bridgehead atoms. The summed E-state index contributed by atoms with van der Waals surface area (Å²) in [4.78, 5) is 37.8. The van der Waals surface area contributed by atoms with Crippen molar-refractivity contribution in [1.29, 1.82) is 0 Å². The summed E-state index contributed by atoms with van der Waals surface area (Å²) in [5.74, 6) is -2.00. The van der Waals surface area contributed by atoms with E-state index in [9.17, 15) is 18.8 Å². The van der Waals surface area contributed by atoms with Crippen molar-refractivity contribution in [3.63, 3.8) is 0 Å². The van der Waals surface area contributed by atoms with Crippen molar-refractivity contribution < 1.29 is 18.7 Å². The molecule has 0 fully saturated rings. The molecule has 1 heterocycles. The summed E-state index contributed by atoms with van der Waals surface area (Å²) >= 11 is 0. The average molecular weight is 411 g/mol. The van der Waals surface area contributed by atoms with E-state index < -0.39 is 23.8 Å². The number of fused-ring (bicyclic) bond motifs is 1. The molecule has 0 aliphatic rings. The zero-order chi connectivity index (χ0) is 21.8. The van der Waals surface area contributed by atoms with Crippen LogP contribution in [-0.2, 0) is 16.1 Å². The molecule has 0 aliphatic heterocycles. The number of esters is 1. The first-order chi connectivity index (χ1) is 14.3. The monoisotopic (exact) mass is 411 g/mol. The predicted octanol–water partition coefficient (Wildman–Crippen LogP) is 3.38. The molecular weight excluding hydrogens is 389 g/mol. The van der Waals surface area contributed by atoms with Crippen LogP contribution in [0.2, 0.25) is 0 Å². The summed E-state index contributed by atoms with van der Waals surface area (Å²) in [6.45, 7) is 5.56. The third kappa shape index (κ3) is 4.53. The number of nitrogens with one attached hydrogen (secondary N) is 1. The van der Waals surface area contributed by atoms with Crippen molar-refractivity contribution in [2.45, 2.75) is 33.4 Å². The molecule has 1 aromatic heterocycles. The first-order valence-corrected chi connectivity index (χ1v) is 9.54. The Kier molecular flexibility index (Phi) is 6.25. The van der Waals surface area contributed by atoms with Crippen molar-refractivity contribution in [3.05, 3.63) is 70.4 Å². The Labute approximate surface area is 172 Å². The smallest absolute Gasteiger partial charge is 0.360 e. The highest BCUT2D eigenvalue weighted by Crippen LogP contribution is 2.17. The lowest BCUT2D eigenvalue weighted by molar-refractivity contribution is -0.123. The number of para-hydroxylation sites is 1. The van der Waals surface area contributed by atoms with Crippen LogP contribution in [0, 0.1) is 11.7 Å². The lowest BCUT2D eigenvalue weighted by Crippen LogP contribution is -2.32. The molecule has 3 aromatic rings. The van der Waals surface area contributed by atoms with Gasteiger partial charge < -0.3 is 10.1 Å². The number of nitrogens with zero attached hydrogens (tertiary/aromatic N) is 2. The zero-order valence-electron chi connectivity index (χ0n) is 16.9. The van der Waals surface area contributed by atoms with Gasteiger partial charge in [-0.3, -0.25) is 9.59 Å². The predicted molar refractivity (Wildman–Crippen MR) is 111 cm³/mol. The van der Waals surface area contributed by atoms with Gasteiger partial charge in [-0.25, -0.2) is 13.9 Å². The number of halogens is 1. The standard InChI is InChI=1S/C22H22FN3O4/c1-13(2)12-26-21(28)16-9-5-4-8-15(16)19(25-26)22(29)30-14(3)20(27)24-18-11-7-6-10-17(18)23/h4-11,13-14H,12H2,1-3H3,(H,24,27)/t14-/m1/s1. The van der Waals surface area contributed by atoms with Gasteiger partial charge in [-0.1, -0.05) is 44.2 Å². The maximum atomic E-state index is 13.7. The summed E-state index contributed by atoms with van der Waals surface area (Å²) in [5.41, 5.74) is -0.378. The Balaban J connectivity index is 1.87. The minimum atomic E-state index is -1.21. The topological polar surface area (TPSA) is 90.3 Å². The largest absolute Gasteiger partial charge is 0.448 e. The molecular formula is C22H22FN3O4. The summed E-state index contributed by atoms with van der Waals surface area (Å²) in [6.07, 6.45) is -1.21. The maximum absolute atomic E-state index is 13.7. The fourth-order valence-corrected chi connectivity index (χ4v) is 2.92. The number of anilines is 1. The Hall–Kier alpha value is -3.55. The van der Waals surface area contributed by atoms with E-state index in [2.05, 4.69) is 10.4 Å². The van der Waals surface area contributed by atoms with Gasteiger partial charge in [0.25, 0.3) is 11.5 Å². The molecule has 156 valence electrons. The van der Waals surface area contributed by atoms with Gasteiger partial charge in [0.2, 0.25) is 0 Å². The first-order valence-electron chi connectivity index (χ1n) is 9.54. The summed E-state index contributed by atoms with van der Waals surface area (Å²) in [6, 6.07) is 12.3. The van der Waals surface area contributed by atoms with Gasteiger partial charge in [-0.15, -0.1) is 0 Å². The van der Waals surface area contributed by atoms with Crippen molar-refractivity contribution in [3.8, 4) is 0 Å². The number of carbonyl (C=O) groups is 2. The van der Waals surface area contributed by atoms with E-state index in [0.717, 1.165) is 0 Å². The van der Waals surface area contributed by atoms with Gasteiger partial charge >= 0.3 is 5.97 Å². The van der Waals surface area contributed by atoms with Gasteiger partial charge in [0.1, 0.15) is 5.82 Å². The van der Waals surface area contributed by atoms with Gasteiger partial charge in [0.05, 0.1) is 11.1 Å². The number of carbonyl (C=O) groups excluding carboxylic acids is 2. The van der Waals surface area contributed by atoms with Crippen LogP contribution in [-0.4, -0.2) is 27.8 Å². The Morgan fingerprint density at radius 3 is 2.37 bits per heavy atom. The second-order valence-corrected chi connectivity index (χ2v) is 7.29. The van der Waals surface area contributed by atoms with E-state index in [1.54, 1.807) is 30.3 Å². The highest BCUT2D eigenvalue weighted by atomic mass is 19.1. The number of aromatic nitrogens is 2. The molecule has 0 unspecified atom stereocenters. The Bertz CT molecular complexity index is 1160. The third-order valence-electron chi connectivity index (χ3n) is 4.38. The van der Waals surface area contributed by atoms with Gasteiger partial charge in [-0.2, -0.15) is 5.10 Å². The van der Waals surface area contributed by atoms with Crippen molar-refractivity contribution in [2.75, 3.05) is 5.32 Å². The number of hydrogen-bond acceptors (Lipinski definition) is 5. The quantitative estimate of drug-likeness (QED) is 0.628. The SMILES string of the molecule is CC(C)Cn1nc(C(=O)O[C@H](C)C(=O)Nc2ccccc2F)c2ccccc2c1=O. The summed E-state index contributed by atoms with van der Waals surface area (Å²) < 4.78 is 20.2. The van der Waals surface area contributed by atoms with Gasteiger partial charge in [0.15, 0.2) is 11.8 Å². The summed E-state index contributed by atoms with van der Waals surface area (Å²) in [5, 5.41) is 7.25. The van der Waals surface area contributed by atoms with Crippen LogP contribution in [0.25, 0.3) is 10.8 Å². The van der Waals surface area contributed by atoms with Crippen LogP contribution in [0.4, 0.5) is 10.1 Å². The molecule has 0 saturated heterocycles. The van der Waals surface area contributed by atoms with E-state index >= 15 is 0 Å². The van der Waals surface area contributed by atoms with E-state index in [0.29, 0.717) is 17.3 Å². The van der Waals surface area contributed by atoms with E-state index in [1.807, 2.05) is 13.8 Å². The number of rotatable bonds is 6. The Morgan fingerprint density at radius 2 is 1.70 bits per heavy atom. The number of hydrogen-bond donors (Lipinski definition) is 1. The molecule has 1 N–H and O–H groups in total. The van der Waals surface area contributed by atoms with Crippen LogP contribution in [0.3, 0.4) is 0 Å². The normalized spacial score (nSPS) is 12.0. The second-order valence-electron chi connectivity index (χ2n) is 7.29. The molecule has 0 saturated carbocycles. The second kappa shape index (κ2) is 8.86. The lowest BCUT2D eigenvalue weighted by Gasteiger charge is -2.15. The number of ether oxygens (including phenoxy) is 1. The van der Waals surface area contributed by atoms with E-state index in [4.69, 9.17) is 4.74 Å². The van der Waals surface area contributed by atoms with Crippen molar-refractivity contribution >= 4 is 28.3 Å². The van der Waals surface area contributed by atoms with Crippen LogP contribution in [0.5, 0.6) is 0 Å². The minimum absolute atomic E-state index is 0.0144. The Morgan fingerprint density at radius 1 is 1.07 bits per heavy atom. The maximum Gasteiger partial charge on any atom is 0.360 e. The minimum Gasteiger partial charge on any atom is -0.448 e. The fraction of sp³-hybridized carbons (Fsp3) is 0.273. The number of benzene rings is 2. The average Bonchev–Trinajstić information content (AvgIpc) is 2.71. The lowest BCUT2D eigenvalue weighted by atomic mass is 10.1. The third-order valence-corrected chi connectivity index (χ3v) is 4.38. The molecule has 1 atom stereocenters. The van der Waals surface area contributed by atoms with Crippen LogP contribution >= 0.6 is 0 Å². The highest BCUT2D eigenvalue weighted by Gasteiger charge is 2.24. The van der Waals surface area contributed by atoms with E-state index in [-0.39, 0.29) is 22.9 Å². The van der Waals surface area contributed by atoms with Crippen molar-refractivity contribution in [2.24, 2.45) is 5.92 Å². The van der Waals surface area contributed by atoms with Gasteiger partial charge in [0, 0.05) is 11.9 Å². The van der Waals surface area contributed by atoms with Crippen LogP contribution in [0.1, 0.15) is 31.3 Å². The molecule has 0 spiro atoms. The molecule has 8 heteroatoms. The van der Waals surface area contributed by atoms with Crippen LogP contribution < -0.4 is 10.9 Å². The van der Waals surface area contributed by atoms with Crippen molar-refractivity contribution in [1.82, 2.24) is 9.78 Å². The molecule has 30 heavy (non-hydrogen) atoms. The molecule has 3 rings (SSSR count). The first kappa shape index (κ1) is 21.2. The molecule has 1 amide bonds. The van der Waals surface area contributed by atoms with E-state index in [1.165, 1.54) is 29.8 Å². The molecule has 0 radical (unpaired) electrons.